The van der Waals surface area contributed by atoms with Gasteiger partial charge in [0.15, 0.2) is 11.5 Å². The lowest BCUT2D eigenvalue weighted by Crippen LogP contribution is -2.14. The molecule has 4 aromatic rings. The molecule has 0 amide bonds. The van der Waals surface area contributed by atoms with E-state index < -0.39 is 6.04 Å². The first-order valence-electron chi connectivity index (χ1n) is 8.13. The van der Waals surface area contributed by atoms with E-state index in [-0.39, 0.29) is 12.4 Å². The van der Waals surface area contributed by atoms with E-state index in [1.54, 1.807) is 23.0 Å². The monoisotopic (exact) mass is 352 g/mol. The first-order valence-corrected chi connectivity index (χ1v) is 8.13. The number of fused-ring (bicyclic) bond motifs is 1. The van der Waals surface area contributed by atoms with Crippen molar-refractivity contribution in [1.82, 2.24) is 24.7 Å². The standard InChI is InChI=1S/C18H17FN6O/c1-11-8-17(24-23-11)21-16-7-6-14-18(22-16)25(10-20-14)15(9-26)12-2-4-13(19)5-3-12/h2-8,10,15,26H,9H2,1H3,(H2,21,22,23,24). The molecule has 26 heavy (non-hydrogen) atoms. The Balaban J connectivity index is 1.72. The normalized spacial score (nSPS) is 12.4. The average molecular weight is 352 g/mol. The lowest BCUT2D eigenvalue weighted by molar-refractivity contribution is 0.251. The zero-order valence-corrected chi connectivity index (χ0v) is 14.0. The zero-order valence-electron chi connectivity index (χ0n) is 14.0. The number of benzene rings is 1. The Morgan fingerprint density at radius 3 is 2.69 bits per heavy atom. The van der Waals surface area contributed by atoms with E-state index >= 15 is 0 Å². The first-order chi connectivity index (χ1) is 12.6. The average Bonchev–Trinajstić information content (AvgIpc) is 3.24. The molecule has 0 radical (unpaired) electrons. The van der Waals surface area contributed by atoms with Gasteiger partial charge in [0, 0.05) is 11.8 Å². The summed E-state index contributed by atoms with van der Waals surface area (Å²) in [6.45, 7) is 1.76. The number of anilines is 2. The van der Waals surface area contributed by atoms with E-state index in [2.05, 4.69) is 25.5 Å². The lowest BCUT2D eigenvalue weighted by Gasteiger charge is -2.17. The van der Waals surface area contributed by atoms with Crippen molar-refractivity contribution in [2.75, 3.05) is 11.9 Å². The van der Waals surface area contributed by atoms with Crippen LogP contribution < -0.4 is 5.32 Å². The molecule has 0 aliphatic carbocycles. The van der Waals surface area contributed by atoms with Gasteiger partial charge in [-0.05, 0) is 36.8 Å². The molecule has 0 saturated heterocycles. The second-order valence-electron chi connectivity index (χ2n) is 6.00. The molecule has 3 N–H and O–H groups in total. The Hall–Kier alpha value is -3.26. The number of rotatable bonds is 5. The van der Waals surface area contributed by atoms with Gasteiger partial charge in [0.05, 0.1) is 19.0 Å². The number of aliphatic hydroxyl groups is 1. The van der Waals surface area contributed by atoms with Crippen molar-refractivity contribution >= 4 is 22.8 Å². The molecule has 0 saturated carbocycles. The molecule has 1 aromatic carbocycles. The van der Waals surface area contributed by atoms with Crippen molar-refractivity contribution in [3.8, 4) is 0 Å². The summed E-state index contributed by atoms with van der Waals surface area (Å²) in [5.74, 6) is 0.957. The summed E-state index contributed by atoms with van der Waals surface area (Å²) in [5, 5.41) is 20.0. The van der Waals surface area contributed by atoms with E-state index in [1.165, 1.54) is 12.1 Å². The number of pyridine rings is 1. The van der Waals surface area contributed by atoms with Crippen molar-refractivity contribution < 1.29 is 9.50 Å². The van der Waals surface area contributed by atoms with Crippen molar-refractivity contribution in [3.63, 3.8) is 0 Å². The van der Waals surface area contributed by atoms with Crippen LogP contribution in [0.1, 0.15) is 17.3 Å². The predicted molar refractivity (Wildman–Crippen MR) is 95.8 cm³/mol. The molecule has 0 aliphatic heterocycles. The summed E-state index contributed by atoms with van der Waals surface area (Å²) in [4.78, 5) is 8.95. The fourth-order valence-electron chi connectivity index (χ4n) is 2.86. The largest absolute Gasteiger partial charge is 0.394 e. The number of imidazole rings is 1. The Kier molecular flexibility index (Phi) is 4.10. The topological polar surface area (TPSA) is 91.7 Å². The van der Waals surface area contributed by atoms with Gasteiger partial charge in [0.25, 0.3) is 0 Å². The first kappa shape index (κ1) is 16.2. The Morgan fingerprint density at radius 1 is 1.19 bits per heavy atom. The number of halogens is 1. The molecule has 1 atom stereocenters. The minimum Gasteiger partial charge on any atom is -0.394 e. The third kappa shape index (κ3) is 3.02. The summed E-state index contributed by atoms with van der Waals surface area (Å²) in [7, 11) is 0. The molecule has 0 bridgehead atoms. The predicted octanol–water partition coefficient (Wildman–Crippen LogP) is 2.93. The van der Waals surface area contributed by atoms with Crippen LogP contribution >= 0.6 is 0 Å². The van der Waals surface area contributed by atoms with Crippen LogP contribution in [-0.4, -0.2) is 36.4 Å². The summed E-state index contributed by atoms with van der Waals surface area (Å²) < 4.78 is 15.0. The smallest absolute Gasteiger partial charge is 0.162 e. The van der Waals surface area contributed by atoms with E-state index in [9.17, 15) is 9.50 Å². The van der Waals surface area contributed by atoms with Crippen LogP contribution in [0.4, 0.5) is 16.0 Å². The number of hydrogen-bond acceptors (Lipinski definition) is 5. The van der Waals surface area contributed by atoms with E-state index in [0.717, 1.165) is 11.3 Å². The maximum atomic E-state index is 13.2. The van der Waals surface area contributed by atoms with Crippen LogP contribution in [0.5, 0.6) is 0 Å². The van der Waals surface area contributed by atoms with E-state index in [1.807, 2.05) is 25.1 Å². The highest BCUT2D eigenvalue weighted by atomic mass is 19.1. The van der Waals surface area contributed by atoms with Gasteiger partial charge in [-0.25, -0.2) is 14.4 Å². The van der Waals surface area contributed by atoms with Gasteiger partial charge in [0.1, 0.15) is 17.2 Å². The van der Waals surface area contributed by atoms with Gasteiger partial charge >= 0.3 is 0 Å². The van der Waals surface area contributed by atoms with Crippen LogP contribution in [-0.2, 0) is 0 Å². The zero-order chi connectivity index (χ0) is 18.1. The second kappa shape index (κ2) is 6.57. The number of aromatic nitrogens is 5. The summed E-state index contributed by atoms with van der Waals surface area (Å²) in [6.07, 6.45) is 1.63. The molecular weight excluding hydrogens is 335 g/mol. The third-order valence-corrected chi connectivity index (χ3v) is 4.15. The maximum Gasteiger partial charge on any atom is 0.162 e. The van der Waals surface area contributed by atoms with Crippen LogP contribution in [0.3, 0.4) is 0 Å². The molecule has 3 aromatic heterocycles. The van der Waals surface area contributed by atoms with Crippen molar-refractivity contribution in [1.29, 1.82) is 0 Å². The molecule has 7 nitrogen and oxygen atoms in total. The SMILES string of the molecule is Cc1cc(Nc2ccc3ncn(C(CO)c4ccc(F)cc4)c3n2)n[nH]1. The van der Waals surface area contributed by atoms with Crippen LogP contribution in [0.25, 0.3) is 11.2 Å². The summed E-state index contributed by atoms with van der Waals surface area (Å²) in [6, 6.07) is 11.2. The molecular formula is C18H17FN6O. The van der Waals surface area contributed by atoms with Gasteiger partial charge in [-0.15, -0.1) is 0 Å². The minimum atomic E-state index is -0.407. The highest BCUT2D eigenvalue weighted by Gasteiger charge is 2.17. The highest BCUT2D eigenvalue weighted by molar-refractivity contribution is 5.74. The molecule has 0 spiro atoms. The number of aromatic amines is 1. The van der Waals surface area contributed by atoms with Crippen molar-refractivity contribution in [3.05, 3.63) is 65.9 Å². The molecule has 8 heteroatoms. The number of hydrogen-bond donors (Lipinski definition) is 3. The van der Waals surface area contributed by atoms with Crippen LogP contribution in [0.2, 0.25) is 0 Å². The third-order valence-electron chi connectivity index (χ3n) is 4.15. The quantitative estimate of drug-likeness (QED) is 0.514. The fourth-order valence-corrected chi connectivity index (χ4v) is 2.86. The molecule has 132 valence electrons. The van der Waals surface area contributed by atoms with E-state index in [0.29, 0.717) is 22.8 Å². The van der Waals surface area contributed by atoms with Crippen LogP contribution in [0, 0.1) is 12.7 Å². The number of aryl methyl sites for hydroxylation is 1. The van der Waals surface area contributed by atoms with Gasteiger partial charge in [0.2, 0.25) is 0 Å². The van der Waals surface area contributed by atoms with Gasteiger partial charge in [-0.2, -0.15) is 5.10 Å². The van der Waals surface area contributed by atoms with E-state index in [4.69, 9.17) is 0 Å². The van der Waals surface area contributed by atoms with Gasteiger partial charge in [-0.3, -0.25) is 5.10 Å². The molecule has 3 heterocycles. The lowest BCUT2D eigenvalue weighted by atomic mass is 10.1. The molecule has 0 fully saturated rings. The summed E-state index contributed by atoms with van der Waals surface area (Å²) in [5.41, 5.74) is 3.03. The fraction of sp³-hybridized carbons (Fsp3) is 0.167. The van der Waals surface area contributed by atoms with Crippen molar-refractivity contribution in [2.45, 2.75) is 13.0 Å². The number of aliphatic hydroxyl groups excluding tert-OH is 1. The van der Waals surface area contributed by atoms with Gasteiger partial charge < -0.3 is 15.0 Å². The van der Waals surface area contributed by atoms with Crippen LogP contribution in [0.15, 0.2) is 48.8 Å². The number of H-pyrrole nitrogens is 1. The molecule has 0 aliphatic rings. The molecule has 4 rings (SSSR count). The Labute approximate surface area is 148 Å². The number of nitrogens with one attached hydrogen (secondary N) is 2. The van der Waals surface area contributed by atoms with Gasteiger partial charge in [-0.1, -0.05) is 12.1 Å². The van der Waals surface area contributed by atoms with Crippen molar-refractivity contribution in [2.24, 2.45) is 0 Å². The summed E-state index contributed by atoms with van der Waals surface area (Å²) >= 11 is 0. The second-order valence-corrected chi connectivity index (χ2v) is 6.00. The molecule has 1 unspecified atom stereocenters. The Morgan fingerprint density at radius 2 is 2.00 bits per heavy atom. The number of nitrogens with zero attached hydrogens (tertiary/aromatic N) is 4. The maximum absolute atomic E-state index is 13.2. The minimum absolute atomic E-state index is 0.158. The Bertz CT molecular complexity index is 1040. The highest BCUT2D eigenvalue weighted by Crippen LogP contribution is 2.24.